The lowest BCUT2D eigenvalue weighted by Crippen LogP contribution is -2.27. The fraction of sp³-hybridized carbons (Fsp3) is 0.412. The summed E-state index contributed by atoms with van der Waals surface area (Å²) in [6.07, 6.45) is 4.07. The highest BCUT2D eigenvalue weighted by molar-refractivity contribution is 7.11. The molecular formula is C17H19NO3S. The standard InChI is InChI=1S/C17H19NO3S/c1-20-16(19)14-10-6-5-9-13(14)15-11-22-17(18-15)21-12-7-3-2-4-8-12/h2-4,7-8,11,13-14H,5-6,9-10H2,1H3. The number of hydrogen-bond acceptors (Lipinski definition) is 5. The molecule has 0 saturated heterocycles. The number of aromatic nitrogens is 1. The van der Waals surface area contributed by atoms with Gasteiger partial charge in [-0.05, 0) is 25.0 Å². The minimum Gasteiger partial charge on any atom is -0.469 e. The van der Waals surface area contributed by atoms with Crippen LogP contribution in [0.5, 0.6) is 10.9 Å². The number of para-hydroxylation sites is 1. The minimum absolute atomic E-state index is 0.0783. The van der Waals surface area contributed by atoms with E-state index in [1.165, 1.54) is 18.4 Å². The number of benzene rings is 1. The summed E-state index contributed by atoms with van der Waals surface area (Å²) in [6, 6.07) is 9.61. The number of methoxy groups -OCH3 is 1. The summed E-state index contributed by atoms with van der Waals surface area (Å²) in [6.45, 7) is 0. The van der Waals surface area contributed by atoms with Crippen LogP contribution in [0.1, 0.15) is 37.3 Å². The quantitative estimate of drug-likeness (QED) is 0.785. The summed E-state index contributed by atoms with van der Waals surface area (Å²) in [5.41, 5.74) is 0.950. The molecule has 0 amide bonds. The summed E-state index contributed by atoms with van der Waals surface area (Å²) in [5, 5.41) is 2.62. The summed E-state index contributed by atoms with van der Waals surface area (Å²) < 4.78 is 10.7. The van der Waals surface area contributed by atoms with Gasteiger partial charge < -0.3 is 9.47 Å². The topological polar surface area (TPSA) is 48.4 Å². The molecule has 0 radical (unpaired) electrons. The highest BCUT2D eigenvalue weighted by atomic mass is 32.1. The molecule has 2 atom stereocenters. The lowest BCUT2D eigenvalue weighted by Gasteiger charge is -2.28. The monoisotopic (exact) mass is 317 g/mol. The average Bonchev–Trinajstić information content (AvgIpc) is 3.03. The summed E-state index contributed by atoms with van der Waals surface area (Å²) in [4.78, 5) is 16.6. The van der Waals surface area contributed by atoms with E-state index in [2.05, 4.69) is 4.98 Å². The van der Waals surface area contributed by atoms with Crippen LogP contribution < -0.4 is 4.74 Å². The lowest BCUT2D eigenvalue weighted by molar-refractivity contribution is -0.147. The van der Waals surface area contributed by atoms with Crippen molar-refractivity contribution in [3.8, 4) is 10.9 Å². The smallest absolute Gasteiger partial charge is 0.309 e. The molecule has 0 spiro atoms. The second kappa shape index (κ2) is 6.92. The number of carbonyl (C=O) groups is 1. The van der Waals surface area contributed by atoms with E-state index in [0.717, 1.165) is 37.1 Å². The third-order valence-electron chi connectivity index (χ3n) is 4.10. The summed E-state index contributed by atoms with van der Waals surface area (Å²) >= 11 is 1.47. The van der Waals surface area contributed by atoms with Crippen molar-refractivity contribution >= 4 is 17.3 Å². The molecule has 0 bridgehead atoms. The third-order valence-corrected chi connectivity index (χ3v) is 4.83. The number of thiazole rings is 1. The van der Waals surface area contributed by atoms with Gasteiger partial charge in [0.25, 0.3) is 5.19 Å². The Balaban J connectivity index is 1.75. The fourth-order valence-corrected chi connectivity index (χ4v) is 3.75. The molecule has 116 valence electrons. The van der Waals surface area contributed by atoms with Crippen molar-refractivity contribution in [1.29, 1.82) is 0 Å². The van der Waals surface area contributed by atoms with Crippen molar-refractivity contribution in [2.45, 2.75) is 31.6 Å². The Morgan fingerprint density at radius 1 is 1.23 bits per heavy atom. The number of nitrogens with zero attached hydrogens (tertiary/aromatic N) is 1. The molecule has 2 unspecified atom stereocenters. The molecule has 1 saturated carbocycles. The molecule has 4 nitrogen and oxygen atoms in total. The molecule has 1 aliphatic rings. The van der Waals surface area contributed by atoms with E-state index >= 15 is 0 Å². The number of hydrogen-bond donors (Lipinski definition) is 0. The van der Waals surface area contributed by atoms with Crippen LogP contribution >= 0.6 is 11.3 Å². The van der Waals surface area contributed by atoms with E-state index in [4.69, 9.17) is 9.47 Å². The highest BCUT2D eigenvalue weighted by Gasteiger charge is 2.34. The van der Waals surface area contributed by atoms with E-state index in [0.29, 0.717) is 5.19 Å². The largest absolute Gasteiger partial charge is 0.469 e. The maximum atomic E-state index is 12.0. The third kappa shape index (κ3) is 3.30. The number of esters is 1. The first-order valence-electron chi connectivity index (χ1n) is 7.54. The predicted molar refractivity (Wildman–Crippen MR) is 85.3 cm³/mol. The van der Waals surface area contributed by atoms with E-state index in [-0.39, 0.29) is 17.8 Å². The molecule has 0 aliphatic heterocycles. The van der Waals surface area contributed by atoms with E-state index < -0.39 is 0 Å². The van der Waals surface area contributed by atoms with Gasteiger partial charge in [0.05, 0.1) is 18.7 Å². The molecule has 22 heavy (non-hydrogen) atoms. The first-order valence-corrected chi connectivity index (χ1v) is 8.42. The zero-order valence-electron chi connectivity index (χ0n) is 12.5. The Hall–Kier alpha value is -1.88. The Kier molecular flexibility index (Phi) is 4.73. The van der Waals surface area contributed by atoms with Crippen molar-refractivity contribution < 1.29 is 14.3 Å². The summed E-state index contributed by atoms with van der Waals surface area (Å²) in [5.74, 6) is 0.718. The minimum atomic E-state index is -0.122. The van der Waals surface area contributed by atoms with Crippen LogP contribution in [0, 0.1) is 5.92 Å². The molecule has 0 N–H and O–H groups in total. The van der Waals surface area contributed by atoms with Crippen LogP contribution in [0.3, 0.4) is 0 Å². The van der Waals surface area contributed by atoms with Crippen LogP contribution in [0.2, 0.25) is 0 Å². The Morgan fingerprint density at radius 2 is 2.00 bits per heavy atom. The first-order chi connectivity index (χ1) is 10.8. The van der Waals surface area contributed by atoms with E-state index in [9.17, 15) is 4.79 Å². The highest BCUT2D eigenvalue weighted by Crippen LogP contribution is 2.40. The second-order valence-corrected chi connectivity index (χ2v) is 6.29. The molecule has 3 rings (SSSR count). The zero-order chi connectivity index (χ0) is 15.4. The van der Waals surface area contributed by atoms with E-state index in [1.54, 1.807) is 0 Å². The number of carbonyl (C=O) groups excluding carboxylic acids is 1. The number of rotatable bonds is 4. The van der Waals surface area contributed by atoms with Crippen LogP contribution in [-0.4, -0.2) is 18.1 Å². The molecule has 1 aromatic heterocycles. The molecule has 1 aromatic carbocycles. The van der Waals surface area contributed by atoms with Gasteiger partial charge in [-0.25, -0.2) is 4.98 Å². The van der Waals surface area contributed by atoms with E-state index in [1.807, 2.05) is 35.7 Å². The molecule has 2 aromatic rings. The van der Waals surface area contributed by atoms with Crippen molar-refractivity contribution in [2.75, 3.05) is 7.11 Å². The average molecular weight is 317 g/mol. The SMILES string of the molecule is COC(=O)C1CCCCC1c1csc(Oc2ccccc2)n1. The predicted octanol–water partition coefficient (Wildman–Crippen LogP) is 4.38. The number of ether oxygens (including phenoxy) is 2. The van der Waals surface area contributed by atoms with Gasteiger partial charge >= 0.3 is 5.97 Å². The Bertz CT molecular complexity index is 626. The Morgan fingerprint density at radius 3 is 2.77 bits per heavy atom. The van der Waals surface area contributed by atoms with Crippen molar-refractivity contribution in [2.24, 2.45) is 5.92 Å². The van der Waals surface area contributed by atoms with Crippen molar-refractivity contribution in [3.63, 3.8) is 0 Å². The first kappa shape index (κ1) is 15.0. The van der Waals surface area contributed by atoms with Crippen LogP contribution in [0.15, 0.2) is 35.7 Å². The summed E-state index contributed by atoms with van der Waals surface area (Å²) in [7, 11) is 1.46. The molecular weight excluding hydrogens is 298 g/mol. The Labute approximate surface area is 134 Å². The van der Waals surface area contributed by atoms with Gasteiger partial charge in [0.2, 0.25) is 0 Å². The van der Waals surface area contributed by atoms with Gasteiger partial charge in [0, 0.05) is 11.3 Å². The molecule has 5 heteroatoms. The van der Waals surface area contributed by atoms with Crippen LogP contribution in [0.4, 0.5) is 0 Å². The molecule has 1 aliphatic carbocycles. The second-order valence-electron chi connectivity index (χ2n) is 5.47. The maximum absolute atomic E-state index is 12.0. The van der Waals surface area contributed by atoms with Gasteiger partial charge in [-0.1, -0.05) is 42.4 Å². The van der Waals surface area contributed by atoms with Crippen molar-refractivity contribution in [3.05, 3.63) is 41.4 Å². The fourth-order valence-electron chi connectivity index (χ4n) is 2.99. The lowest BCUT2D eigenvalue weighted by atomic mass is 9.78. The van der Waals surface area contributed by atoms with Gasteiger partial charge in [0.15, 0.2) is 0 Å². The van der Waals surface area contributed by atoms with Gasteiger partial charge in [-0.2, -0.15) is 0 Å². The zero-order valence-corrected chi connectivity index (χ0v) is 13.3. The van der Waals surface area contributed by atoms with Gasteiger partial charge in [-0.3, -0.25) is 4.79 Å². The van der Waals surface area contributed by atoms with Gasteiger partial charge in [-0.15, -0.1) is 0 Å². The van der Waals surface area contributed by atoms with Crippen LogP contribution in [-0.2, 0) is 9.53 Å². The molecule has 1 fully saturated rings. The maximum Gasteiger partial charge on any atom is 0.309 e. The molecule has 1 heterocycles. The van der Waals surface area contributed by atoms with Crippen LogP contribution in [0.25, 0.3) is 0 Å². The van der Waals surface area contributed by atoms with Crippen molar-refractivity contribution in [1.82, 2.24) is 4.98 Å². The van der Waals surface area contributed by atoms with Gasteiger partial charge in [0.1, 0.15) is 5.75 Å². The normalized spacial score (nSPS) is 21.3.